The van der Waals surface area contributed by atoms with Crippen LogP contribution in [0.1, 0.15) is 0 Å². The maximum absolute atomic E-state index is 6.89. The Kier molecular flexibility index (Phi) is 8.19. The van der Waals surface area contributed by atoms with Crippen LogP contribution < -0.4 is 4.90 Å². The predicted octanol–water partition coefficient (Wildman–Crippen LogP) is 16.0. The molecule has 11 aromatic rings. The first kappa shape index (κ1) is 33.6. The molecule has 1 heterocycles. The van der Waals surface area contributed by atoms with Gasteiger partial charge < -0.3 is 9.32 Å². The van der Waals surface area contributed by atoms with Crippen LogP contribution in [0.25, 0.3) is 88.0 Å². The van der Waals surface area contributed by atoms with Gasteiger partial charge in [-0.15, -0.1) is 0 Å². The van der Waals surface area contributed by atoms with E-state index in [-0.39, 0.29) is 0 Å². The molecule has 0 unspecified atom stereocenters. The van der Waals surface area contributed by atoms with Gasteiger partial charge in [-0.3, -0.25) is 0 Å². The summed E-state index contributed by atoms with van der Waals surface area (Å²) in [5, 5.41) is 7.16. The number of fused-ring (bicyclic) bond motifs is 5. The maximum atomic E-state index is 6.89. The minimum atomic E-state index is 0.848. The van der Waals surface area contributed by atoms with Crippen LogP contribution in [0.5, 0.6) is 0 Å². The van der Waals surface area contributed by atoms with Crippen LogP contribution in [0.4, 0.5) is 17.1 Å². The molecule has 0 bridgehead atoms. The van der Waals surface area contributed by atoms with E-state index in [1.807, 2.05) is 0 Å². The van der Waals surface area contributed by atoms with E-state index >= 15 is 0 Å². The van der Waals surface area contributed by atoms with E-state index in [4.69, 9.17) is 4.42 Å². The van der Waals surface area contributed by atoms with E-state index < -0.39 is 0 Å². The van der Waals surface area contributed by atoms with E-state index in [0.717, 1.165) is 50.1 Å². The first-order valence-electron chi connectivity index (χ1n) is 19.8. The highest BCUT2D eigenvalue weighted by atomic mass is 16.3. The van der Waals surface area contributed by atoms with Gasteiger partial charge >= 0.3 is 0 Å². The Morgan fingerprint density at radius 3 is 1.31 bits per heavy atom. The Morgan fingerprint density at radius 2 is 0.741 bits per heavy atom. The molecule has 2 heteroatoms. The lowest BCUT2D eigenvalue weighted by Gasteiger charge is -2.26. The molecule has 11 rings (SSSR count). The molecule has 0 N–H and O–H groups in total. The van der Waals surface area contributed by atoms with Crippen molar-refractivity contribution in [2.45, 2.75) is 0 Å². The number of benzene rings is 10. The largest absolute Gasteiger partial charge is 0.455 e. The van der Waals surface area contributed by atoms with Gasteiger partial charge in [-0.2, -0.15) is 0 Å². The van der Waals surface area contributed by atoms with Crippen molar-refractivity contribution in [3.63, 3.8) is 0 Å². The summed E-state index contributed by atoms with van der Waals surface area (Å²) < 4.78 is 6.89. The van der Waals surface area contributed by atoms with Crippen LogP contribution in [-0.2, 0) is 0 Å². The molecule has 0 aliphatic rings. The Balaban J connectivity index is 1.04. The third kappa shape index (κ3) is 6.09. The molecular weight excluding hydrogens is 703 g/mol. The molecule has 0 aliphatic carbocycles. The van der Waals surface area contributed by atoms with E-state index in [2.05, 4.69) is 229 Å². The van der Waals surface area contributed by atoms with Gasteiger partial charge in [-0.05, 0) is 121 Å². The van der Waals surface area contributed by atoms with Crippen molar-refractivity contribution >= 4 is 60.5 Å². The molecule has 0 radical (unpaired) electrons. The monoisotopic (exact) mass is 739 g/mol. The van der Waals surface area contributed by atoms with Gasteiger partial charge in [0.15, 0.2) is 0 Å². The minimum absolute atomic E-state index is 0.848. The molecule has 0 spiro atoms. The zero-order valence-corrected chi connectivity index (χ0v) is 31.7. The van der Waals surface area contributed by atoms with Crippen molar-refractivity contribution in [2.75, 3.05) is 4.90 Å². The van der Waals surface area contributed by atoms with Gasteiger partial charge in [0.05, 0.1) is 0 Å². The quantitative estimate of drug-likeness (QED) is 0.162. The maximum Gasteiger partial charge on any atom is 0.143 e. The summed E-state index contributed by atoms with van der Waals surface area (Å²) in [7, 11) is 0. The number of nitrogens with zero attached hydrogens (tertiary/aromatic N) is 1. The van der Waals surface area contributed by atoms with Gasteiger partial charge in [0, 0.05) is 39.5 Å². The molecule has 272 valence electrons. The summed E-state index contributed by atoms with van der Waals surface area (Å²) in [6.07, 6.45) is 0. The van der Waals surface area contributed by atoms with Gasteiger partial charge in [0.1, 0.15) is 11.2 Å². The van der Waals surface area contributed by atoms with Crippen molar-refractivity contribution in [1.82, 2.24) is 0 Å². The third-order valence-electron chi connectivity index (χ3n) is 11.4. The lowest BCUT2D eigenvalue weighted by atomic mass is 9.96. The Bertz CT molecular complexity index is 3130. The average Bonchev–Trinajstić information content (AvgIpc) is 3.67. The fraction of sp³-hybridized carbons (Fsp3) is 0. The molecule has 2 nitrogen and oxygen atoms in total. The minimum Gasteiger partial charge on any atom is -0.455 e. The molecule has 1 aromatic heterocycles. The summed E-state index contributed by atoms with van der Waals surface area (Å²) in [6.45, 7) is 0. The van der Waals surface area contributed by atoms with Crippen LogP contribution in [0, 0.1) is 0 Å². The van der Waals surface area contributed by atoms with Crippen molar-refractivity contribution in [3.8, 4) is 44.5 Å². The highest BCUT2D eigenvalue weighted by molar-refractivity contribution is 6.12. The summed E-state index contributed by atoms with van der Waals surface area (Å²) in [5.41, 5.74) is 14.2. The van der Waals surface area contributed by atoms with Crippen LogP contribution >= 0.6 is 0 Å². The Labute approximate surface area is 337 Å². The third-order valence-corrected chi connectivity index (χ3v) is 11.4. The number of furan rings is 1. The van der Waals surface area contributed by atoms with Gasteiger partial charge in [-0.25, -0.2) is 0 Å². The molecule has 10 aromatic carbocycles. The molecule has 0 atom stereocenters. The van der Waals surface area contributed by atoms with Crippen molar-refractivity contribution < 1.29 is 4.42 Å². The Hall–Kier alpha value is -7.68. The fourth-order valence-corrected chi connectivity index (χ4v) is 8.43. The molecular formula is C56H37NO. The molecule has 0 aliphatic heterocycles. The van der Waals surface area contributed by atoms with E-state index in [1.54, 1.807) is 0 Å². The van der Waals surface area contributed by atoms with E-state index in [0.29, 0.717) is 0 Å². The average molecular weight is 740 g/mol. The van der Waals surface area contributed by atoms with Gasteiger partial charge in [0.2, 0.25) is 0 Å². The van der Waals surface area contributed by atoms with E-state index in [1.165, 1.54) is 54.9 Å². The Morgan fingerprint density at radius 1 is 0.276 bits per heavy atom. The zero-order chi connectivity index (χ0) is 38.4. The highest BCUT2D eigenvalue weighted by Crippen LogP contribution is 2.43. The van der Waals surface area contributed by atoms with Crippen LogP contribution in [-0.4, -0.2) is 0 Å². The van der Waals surface area contributed by atoms with Crippen molar-refractivity contribution in [1.29, 1.82) is 0 Å². The SMILES string of the molecule is c1ccc(-c2cc(-c3ccccc3)c3oc4cc(N(c5ccc(-c6ccc7ccccc7c6)cc5)c5ccc(-c6ccc7ccccc7c6)cc5)ccc4c3c2)cc1. The van der Waals surface area contributed by atoms with E-state index in [9.17, 15) is 0 Å². The molecule has 0 fully saturated rings. The lowest BCUT2D eigenvalue weighted by molar-refractivity contribution is 0.670. The number of anilines is 3. The number of rotatable bonds is 7. The van der Waals surface area contributed by atoms with Crippen LogP contribution in [0.2, 0.25) is 0 Å². The topological polar surface area (TPSA) is 16.4 Å². The van der Waals surface area contributed by atoms with Crippen molar-refractivity contribution in [2.24, 2.45) is 0 Å². The summed E-state index contributed by atoms with van der Waals surface area (Å²) in [5.74, 6) is 0. The first-order chi connectivity index (χ1) is 28.7. The summed E-state index contributed by atoms with van der Waals surface area (Å²) in [6, 6.07) is 80.6. The first-order valence-corrected chi connectivity index (χ1v) is 19.8. The predicted molar refractivity (Wildman–Crippen MR) is 245 cm³/mol. The molecule has 0 saturated carbocycles. The van der Waals surface area contributed by atoms with Gasteiger partial charge in [-0.1, -0.05) is 158 Å². The second kappa shape index (κ2) is 14.1. The second-order valence-electron chi connectivity index (χ2n) is 15.0. The fourth-order valence-electron chi connectivity index (χ4n) is 8.43. The standard InChI is InChI=1S/C56H37NO/c1-3-11-38(12-4-1)48-35-53(43-15-5-2-6-16-43)56-54(36-48)52-32-31-51(37-55(52)58-56)57(49-27-23-41(24-28-49)46-21-19-39-13-7-9-17-44(39)33-46)50-29-25-42(26-30-50)47-22-20-40-14-8-10-18-45(40)34-47/h1-37H. The number of hydrogen-bond acceptors (Lipinski definition) is 2. The van der Waals surface area contributed by atoms with Gasteiger partial charge in [0.25, 0.3) is 0 Å². The van der Waals surface area contributed by atoms with Crippen LogP contribution in [0.15, 0.2) is 229 Å². The molecule has 0 saturated heterocycles. The summed E-state index contributed by atoms with van der Waals surface area (Å²) in [4.78, 5) is 2.33. The van der Waals surface area contributed by atoms with Crippen molar-refractivity contribution in [3.05, 3.63) is 224 Å². The van der Waals surface area contributed by atoms with Crippen LogP contribution in [0.3, 0.4) is 0 Å². The molecule has 0 amide bonds. The molecule has 58 heavy (non-hydrogen) atoms. The number of hydrogen-bond donors (Lipinski definition) is 0. The zero-order valence-electron chi connectivity index (χ0n) is 31.7. The highest BCUT2D eigenvalue weighted by Gasteiger charge is 2.19. The second-order valence-corrected chi connectivity index (χ2v) is 15.0. The normalized spacial score (nSPS) is 11.4. The summed E-state index contributed by atoms with van der Waals surface area (Å²) >= 11 is 0. The smallest absolute Gasteiger partial charge is 0.143 e. The lowest BCUT2D eigenvalue weighted by Crippen LogP contribution is -2.09.